The third-order valence-electron chi connectivity index (χ3n) is 2.64. The fourth-order valence-corrected chi connectivity index (χ4v) is 2.00. The van der Waals surface area contributed by atoms with E-state index in [1.165, 1.54) is 0 Å². The highest BCUT2D eigenvalue weighted by atomic mass is 79.9. The van der Waals surface area contributed by atoms with Crippen molar-refractivity contribution in [1.29, 1.82) is 0 Å². The Bertz CT molecular complexity index is 552. The quantitative estimate of drug-likeness (QED) is 0.912. The van der Waals surface area contributed by atoms with Crippen LogP contribution in [0.1, 0.15) is 19.5 Å². The monoisotopic (exact) mass is 324 g/mol. The normalized spacial score (nSPS) is 11.0. The van der Waals surface area contributed by atoms with Gasteiger partial charge < -0.3 is 14.5 Å². The highest BCUT2D eigenvalue weighted by Gasteiger charge is 2.12. The van der Waals surface area contributed by atoms with Crippen molar-refractivity contribution in [2.45, 2.75) is 26.4 Å². The molecule has 2 rings (SSSR count). The Labute approximate surface area is 121 Å². The lowest BCUT2D eigenvalue weighted by Gasteiger charge is -2.06. The van der Waals surface area contributed by atoms with E-state index >= 15 is 0 Å². The van der Waals surface area contributed by atoms with E-state index in [0.717, 1.165) is 21.5 Å². The average molecular weight is 325 g/mol. The van der Waals surface area contributed by atoms with E-state index < -0.39 is 0 Å². The Morgan fingerprint density at radius 3 is 2.89 bits per heavy atom. The number of methoxy groups -OCH3 is 1. The lowest BCUT2D eigenvalue weighted by atomic mass is 10.2. The zero-order chi connectivity index (χ0) is 13.8. The van der Waals surface area contributed by atoms with Crippen LogP contribution in [0.3, 0.4) is 0 Å². The van der Waals surface area contributed by atoms with Crippen molar-refractivity contribution < 1.29 is 9.15 Å². The number of aromatic nitrogens is 1. The van der Waals surface area contributed by atoms with E-state index in [1.807, 2.05) is 18.2 Å². The Hall–Kier alpha value is -1.33. The molecule has 0 aliphatic heterocycles. The predicted molar refractivity (Wildman–Crippen MR) is 78.2 cm³/mol. The highest BCUT2D eigenvalue weighted by Crippen LogP contribution is 2.31. The summed E-state index contributed by atoms with van der Waals surface area (Å²) < 4.78 is 11.8. The summed E-state index contributed by atoms with van der Waals surface area (Å²) in [6, 6.07) is 6.18. The van der Waals surface area contributed by atoms with Gasteiger partial charge in [0, 0.05) is 17.1 Å². The number of ether oxygens (including phenoxy) is 1. The fourth-order valence-electron chi connectivity index (χ4n) is 1.66. The first-order valence-corrected chi connectivity index (χ1v) is 6.91. The molecular weight excluding hydrogens is 308 g/mol. The minimum Gasteiger partial charge on any atom is -0.496 e. The average Bonchev–Trinajstić information content (AvgIpc) is 2.84. The van der Waals surface area contributed by atoms with E-state index in [2.05, 4.69) is 40.1 Å². The van der Waals surface area contributed by atoms with Crippen LogP contribution in [0.15, 0.2) is 33.4 Å². The van der Waals surface area contributed by atoms with Crippen molar-refractivity contribution in [2.24, 2.45) is 0 Å². The van der Waals surface area contributed by atoms with Crippen LogP contribution in [0.5, 0.6) is 5.75 Å². The van der Waals surface area contributed by atoms with Crippen LogP contribution in [-0.2, 0) is 6.54 Å². The fraction of sp³-hybridized carbons (Fsp3) is 0.357. The van der Waals surface area contributed by atoms with Gasteiger partial charge in [0.05, 0.1) is 18.4 Å². The maximum absolute atomic E-state index is 5.52. The summed E-state index contributed by atoms with van der Waals surface area (Å²) in [5.74, 6) is 1.31. The molecule has 4 nitrogen and oxygen atoms in total. The number of nitrogens with one attached hydrogen (secondary N) is 1. The molecule has 0 fully saturated rings. The molecule has 1 heterocycles. The molecule has 1 N–H and O–H groups in total. The number of hydrogen-bond donors (Lipinski definition) is 1. The summed E-state index contributed by atoms with van der Waals surface area (Å²) >= 11 is 3.41. The van der Waals surface area contributed by atoms with Crippen molar-refractivity contribution in [3.8, 4) is 17.2 Å². The van der Waals surface area contributed by atoms with E-state index in [1.54, 1.807) is 13.4 Å². The van der Waals surface area contributed by atoms with Crippen LogP contribution in [0.4, 0.5) is 0 Å². The van der Waals surface area contributed by atoms with Gasteiger partial charge in [-0.1, -0.05) is 29.8 Å². The van der Waals surface area contributed by atoms with Crippen molar-refractivity contribution in [1.82, 2.24) is 10.3 Å². The van der Waals surface area contributed by atoms with Crippen molar-refractivity contribution >= 4 is 15.9 Å². The van der Waals surface area contributed by atoms with Gasteiger partial charge in [0.2, 0.25) is 5.89 Å². The zero-order valence-corrected chi connectivity index (χ0v) is 12.8. The molecule has 0 saturated heterocycles. The Morgan fingerprint density at radius 1 is 1.42 bits per heavy atom. The first-order valence-electron chi connectivity index (χ1n) is 6.12. The summed E-state index contributed by atoms with van der Waals surface area (Å²) in [4.78, 5) is 4.47. The van der Waals surface area contributed by atoms with Crippen LogP contribution < -0.4 is 10.1 Å². The van der Waals surface area contributed by atoms with Gasteiger partial charge in [-0.3, -0.25) is 0 Å². The summed E-state index contributed by atoms with van der Waals surface area (Å²) in [5.41, 5.74) is 1.73. The minimum absolute atomic E-state index is 0.419. The second-order valence-electron chi connectivity index (χ2n) is 4.52. The summed E-state index contributed by atoms with van der Waals surface area (Å²) in [6.07, 6.45) is 1.67. The number of oxazole rings is 1. The lowest BCUT2D eigenvalue weighted by Crippen LogP contribution is -2.21. The van der Waals surface area contributed by atoms with Gasteiger partial charge in [-0.2, -0.15) is 0 Å². The number of rotatable bonds is 5. The predicted octanol–water partition coefficient (Wildman–Crippen LogP) is 3.61. The van der Waals surface area contributed by atoms with E-state index in [4.69, 9.17) is 9.15 Å². The molecule has 0 amide bonds. The number of halogens is 1. The zero-order valence-electron chi connectivity index (χ0n) is 11.2. The van der Waals surface area contributed by atoms with Crippen molar-refractivity contribution in [3.05, 3.63) is 34.6 Å². The van der Waals surface area contributed by atoms with Gasteiger partial charge >= 0.3 is 0 Å². The maximum Gasteiger partial charge on any atom is 0.229 e. The lowest BCUT2D eigenvalue weighted by molar-refractivity contribution is 0.414. The summed E-state index contributed by atoms with van der Waals surface area (Å²) in [6.45, 7) is 4.89. The van der Waals surface area contributed by atoms with Gasteiger partial charge in [-0.25, -0.2) is 4.98 Å². The van der Waals surface area contributed by atoms with E-state index in [-0.39, 0.29) is 0 Å². The molecule has 5 heteroatoms. The van der Waals surface area contributed by atoms with Crippen LogP contribution in [0.25, 0.3) is 11.5 Å². The third kappa shape index (κ3) is 3.58. The van der Waals surface area contributed by atoms with Crippen LogP contribution >= 0.6 is 15.9 Å². The van der Waals surface area contributed by atoms with Crippen molar-refractivity contribution in [2.75, 3.05) is 7.11 Å². The van der Waals surface area contributed by atoms with Crippen molar-refractivity contribution in [3.63, 3.8) is 0 Å². The largest absolute Gasteiger partial charge is 0.496 e. The third-order valence-corrected chi connectivity index (χ3v) is 3.13. The molecule has 102 valence electrons. The molecule has 0 atom stereocenters. The molecular formula is C14H17BrN2O2. The van der Waals surface area contributed by atoms with E-state index in [9.17, 15) is 0 Å². The molecule has 19 heavy (non-hydrogen) atoms. The van der Waals surface area contributed by atoms with Crippen LogP contribution in [-0.4, -0.2) is 18.1 Å². The Balaban J connectivity index is 2.22. The first kappa shape index (κ1) is 14.1. The second kappa shape index (κ2) is 6.21. The molecule has 0 bridgehead atoms. The number of nitrogens with zero attached hydrogens (tertiary/aromatic N) is 1. The minimum atomic E-state index is 0.419. The molecule has 0 aliphatic rings. The van der Waals surface area contributed by atoms with Gasteiger partial charge in [0.15, 0.2) is 0 Å². The van der Waals surface area contributed by atoms with Crippen LogP contribution in [0, 0.1) is 0 Å². The molecule has 0 saturated carbocycles. The molecule has 0 radical (unpaired) electrons. The topological polar surface area (TPSA) is 47.3 Å². The molecule has 2 aromatic rings. The molecule has 1 aromatic heterocycles. The highest BCUT2D eigenvalue weighted by molar-refractivity contribution is 9.10. The SMILES string of the molecule is COc1cc(Br)ccc1-c1nc(CNC(C)C)co1. The molecule has 0 unspecified atom stereocenters. The van der Waals surface area contributed by atoms with Gasteiger partial charge in [0.1, 0.15) is 12.0 Å². The molecule has 0 aliphatic carbocycles. The van der Waals surface area contributed by atoms with E-state index in [0.29, 0.717) is 18.5 Å². The Kier molecular flexibility index (Phi) is 4.61. The van der Waals surface area contributed by atoms with Crippen LogP contribution in [0.2, 0.25) is 0 Å². The second-order valence-corrected chi connectivity index (χ2v) is 5.44. The molecule has 0 spiro atoms. The standard InChI is InChI=1S/C14H17BrN2O2/c1-9(2)16-7-11-8-19-14(17-11)12-5-4-10(15)6-13(12)18-3/h4-6,8-9,16H,7H2,1-3H3. The maximum atomic E-state index is 5.52. The van der Waals surface area contributed by atoms with Gasteiger partial charge in [-0.15, -0.1) is 0 Å². The van der Waals surface area contributed by atoms with Gasteiger partial charge in [0.25, 0.3) is 0 Å². The summed E-state index contributed by atoms with van der Waals surface area (Å²) in [5, 5.41) is 3.30. The number of hydrogen-bond acceptors (Lipinski definition) is 4. The smallest absolute Gasteiger partial charge is 0.229 e. The summed E-state index contributed by atoms with van der Waals surface area (Å²) in [7, 11) is 1.63. The molecule has 1 aromatic carbocycles. The van der Waals surface area contributed by atoms with Gasteiger partial charge in [-0.05, 0) is 18.2 Å². The number of benzene rings is 1. The first-order chi connectivity index (χ1) is 9.10. The Morgan fingerprint density at radius 2 is 2.21 bits per heavy atom.